The molecule has 4 aliphatic rings. The predicted molar refractivity (Wildman–Crippen MR) is 153 cm³/mol. The van der Waals surface area contributed by atoms with E-state index < -0.39 is 69.5 Å². The van der Waals surface area contributed by atoms with Crippen LogP contribution in [0.5, 0.6) is 0 Å². The Morgan fingerprint density at radius 2 is 0.857 bits per heavy atom. The molecule has 2 fully saturated rings. The Kier molecular flexibility index (Phi) is 12.2. The zero-order valence-corrected chi connectivity index (χ0v) is 27.8. The fraction of sp³-hybridized carbons (Fsp3) is 0.467. The van der Waals surface area contributed by atoms with Gasteiger partial charge in [0.25, 0.3) is 0 Å². The third-order valence-corrected chi connectivity index (χ3v) is 8.70. The third kappa shape index (κ3) is 6.98. The number of ether oxygens (including phenoxy) is 2. The summed E-state index contributed by atoms with van der Waals surface area (Å²) in [6.45, 7) is 11.4. The smallest absolute Gasteiger partial charge is 0.482 e. The van der Waals surface area contributed by atoms with Gasteiger partial charge in [0, 0.05) is 12.1 Å². The van der Waals surface area contributed by atoms with Crippen LogP contribution in [0, 0.1) is 83.3 Å². The quantitative estimate of drug-likeness (QED) is 0.106. The van der Waals surface area contributed by atoms with Crippen LogP contribution in [-0.2, 0) is 31.9 Å². The van der Waals surface area contributed by atoms with Crippen LogP contribution in [0.15, 0.2) is 10.2 Å². The number of halogens is 10. The van der Waals surface area contributed by atoms with Gasteiger partial charge in [-0.2, -0.15) is 10.2 Å². The second kappa shape index (κ2) is 15.5. The second-order valence-corrected chi connectivity index (χ2v) is 11.5. The van der Waals surface area contributed by atoms with Crippen molar-refractivity contribution in [2.24, 2.45) is 22.0 Å². The average Bonchev–Trinajstić information content (AvgIpc) is 3.72. The number of benzene rings is 2. The van der Waals surface area contributed by atoms with E-state index in [-0.39, 0.29) is 59.5 Å². The Hall–Kier alpha value is -3.06. The topological polar surface area (TPSA) is 56.1 Å². The van der Waals surface area contributed by atoms with Crippen molar-refractivity contribution >= 4 is 23.0 Å². The monoisotopic (exact) mass is 803 g/mol. The molecule has 0 N–H and O–H groups in total. The van der Waals surface area contributed by atoms with E-state index in [2.05, 4.69) is 10.2 Å². The number of amidine groups is 2. The Balaban J connectivity index is 0.000000216. The number of nitrogens with zero attached hydrogens (tertiary/aromatic N) is 6. The fourth-order valence-corrected chi connectivity index (χ4v) is 5.46. The van der Waals surface area contributed by atoms with Crippen molar-refractivity contribution in [1.82, 2.24) is 9.80 Å². The van der Waals surface area contributed by atoms with Crippen LogP contribution in [0.4, 0.5) is 55.3 Å². The maximum Gasteiger partial charge on any atom is 1.00 e. The number of hydrogen-bond donors (Lipinski definition) is 0. The number of hydrazone groups is 2. The molecule has 2 saturated heterocycles. The van der Waals surface area contributed by atoms with Crippen molar-refractivity contribution in [2.75, 3.05) is 36.4 Å². The van der Waals surface area contributed by atoms with E-state index >= 15 is 0 Å². The molecule has 0 amide bonds. The molecule has 6 rings (SSSR count). The normalized spacial score (nSPS) is 21.3. The predicted octanol–water partition coefficient (Wildman–Crippen LogP) is 6.76. The van der Waals surface area contributed by atoms with Crippen LogP contribution in [0.1, 0.15) is 40.5 Å². The summed E-state index contributed by atoms with van der Waals surface area (Å²) in [6, 6.07) is -0.262. The molecular weight excluding hydrogens is 774 g/mol. The van der Waals surface area contributed by atoms with Gasteiger partial charge < -0.3 is 29.3 Å². The molecular formula is C30H30AgF10N6O2-. The first-order valence-electron chi connectivity index (χ1n) is 14.9. The van der Waals surface area contributed by atoms with E-state index in [0.29, 0.717) is 34.9 Å². The second-order valence-electron chi connectivity index (χ2n) is 11.5. The number of morpholine rings is 2. The van der Waals surface area contributed by atoms with Gasteiger partial charge in [-0.25, -0.2) is 43.9 Å². The summed E-state index contributed by atoms with van der Waals surface area (Å²) in [4.78, 5) is 3.32. The number of rotatable bonds is 6. The van der Waals surface area contributed by atoms with Crippen molar-refractivity contribution in [1.29, 1.82) is 0 Å². The molecule has 274 valence electrons. The molecule has 19 heteroatoms. The van der Waals surface area contributed by atoms with E-state index in [1.54, 1.807) is 9.80 Å². The molecule has 2 unspecified atom stereocenters. The Morgan fingerprint density at radius 1 is 0.571 bits per heavy atom. The molecule has 0 spiro atoms. The van der Waals surface area contributed by atoms with Gasteiger partial charge in [0.05, 0.1) is 13.2 Å². The number of anilines is 2. The van der Waals surface area contributed by atoms with Crippen LogP contribution in [0.2, 0.25) is 0 Å². The Bertz CT molecular complexity index is 1460. The molecule has 8 nitrogen and oxygen atoms in total. The van der Waals surface area contributed by atoms with Crippen LogP contribution >= 0.6 is 0 Å². The summed E-state index contributed by atoms with van der Waals surface area (Å²) in [5, 5.41) is 9.23. The summed E-state index contributed by atoms with van der Waals surface area (Å²) in [7, 11) is 0. The first kappa shape index (κ1) is 38.7. The molecule has 0 bridgehead atoms. The number of fused-ring (bicyclic) bond motifs is 2. The molecule has 0 aromatic heterocycles. The van der Waals surface area contributed by atoms with Crippen molar-refractivity contribution in [3.63, 3.8) is 0 Å². The Labute approximate surface area is 290 Å². The van der Waals surface area contributed by atoms with Crippen molar-refractivity contribution in [3.05, 3.63) is 71.5 Å². The van der Waals surface area contributed by atoms with Gasteiger partial charge >= 0.3 is 22.4 Å². The molecule has 0 aliphatic carbocycles. The summed E-state index contributed by atoms with van der Waals surface area (Å²) >= 11 is 0. The van der Waals surface area contributed by atoms with E-state index in [9.17, 15) is 43.9 Å². The van der Waals surface area contributed by atoms with Crippen LogP contribution in [0.25, 0.3) is 0 Å². The van der Waals surface area contributed by atoms with Gasteiger partial charge in [-0.05, 0) is 11.8 Å². The summed E-state index contributed by atoms with van der Waals surface area (Å²) in [5.74, 6) is -19.0. The molecule has 4 atom stereocenters. The molecule has 4 heterocycles. The van der Waals surface area contributed by atoms with Crippen LogP contribution in [-0.4, -0.2) is 60.0 Å². The van der Waals surface area contributed by atoms with Gasteiger partial charge in [-0.15, -0.1) is 13.3 Å². The fourth-order valence-electron chi connectivity index (χ4n) is 5.46. The van der Waals surface area contributed by atoms with E-state index in [0.717, 1.165) is 12.8 Å². The SMILES string of the molecule is CCC(C)[C@H]1COCC2=NN(c3c(F)c(F)c(F)c(F)c3F)[CH-]N21.CCC(C)[C@H]1COCC2=NN(c3c(F)c(F)c(F)c(F)c3F)[CH-]N21.[Ag+]. The van der Waals surface area contributed by atoms with Gasteiger partial charge in [0.1, 0.15) is 36.3 Å². The first-order chi connectivity index (χ1) is 22.7. The summed E-state index contributed by atoms with van der Waals surface area (Å²) in [6.07, 6.45) is 1.66. The Morgan fingerprint density at radius 3 is 1.14 bits per heavy atom. The maximum absolute atomic E-state index is 14.0. The maximum atomic E-state index is 14.0. The molecule has 0 radical (unpaired) electrons. The van der Waals surface area contributed by atoms with Gasteiger partial charge in [-0.1, -0.05) is 40.5 Å². The standard InChI is InChI=1S/2C15H15F5N3O.Ag/c2*1-3-7(2)8-4-24-5-9-21-23(6-22(8)9)15-13(19)11(17)10(16)12(18)14(15)20;/h2*6-8H,3-5H2,1-2H3;/q2*-1;+1/t2*7?,8-;/m11./s1. The summed E-state index contributed by atoms with van der Waals surface area (Å²) < 4.78 is 147. The molecule has 2 aromatic rings. The van der Waals surface area contributed by atoms with Crippen molar-refractivity contribution < 1.29 is 75.8 Å². The zero-order chi connectivity index (χ0) is 35.2. The molecule has 2 aromatic carbocycles. The van der Waals surface area contributed by atoms with Crippen molar-refractivity contribution in [3.8, 4) is 0 Å². The minimum atomic E-state index is -2.20. The minimum Gasteiger partial charge on any atom is -0.482 e. The van der Waals surface area contributed by atoms with Gasteiger partial charge in [0.2, 0.25) is 11.6 Å². The van der Waals surface area contributed by atoms with Gasteiger partial charge in [-0.3, -0.25) is 0 Å². The number of hydrogen-bond acceptors (Lipinski definition) is 8. The zero-order valence-electron chi connectivity index (χ0n) is 26.3. The van der Waals surface area contributed by atoms with E-state index in [4.69, 9.17) is 9.47 Å². The van der Waals surface area contributed by atoms with E-state index in [1.165, 1.54) is 13.3 Å². The molecule has 49 heavy (non-hydrogen) atoms. The minimum absolute atomic E-state index is 0. The van der Waals surface area contributed by atoms with E-state index in [1.807, 2.05) is 27.7 Å². The molecule has 4 aliphatic heterocycles. The summed E-state index contributed by atoms with van der Waals surface area (Å²) in [5.41, 5.74) is -2.20. The largest absolute Gasteiger partial charge is 1.00 e. The third-order valence-electron chi connectivity index (χ3n) is 8.70. The first-order valence-corrected chi connectivity index (χ1v) is 14.9. The van der Waals surface area contributed by atoms with Crippen LogP contribution in [0.3, 0.4) is 0 Å². The van der Waals surface area contributed by atoms with Gasteiger partial charge in [0.15, 0.2) is 46.5 Å². The van der Waals surface area contributed by atoms with Crippen LogP contribution < -0.4 is 10.0 Å². The molecule has 0 saturated carbocycles. The average molecular weight is 804 g/mol. The van der Waals surface area contributed by atoms with Crippen molar-refractivity contribution in [2.45, 2.75) is 52.6 Å².